The summed E-state index contributed by atoms with van der Waals surface area (Å²) in [5.74, 6) is -0.292. The van der Waals surface area contributed by atoms with Crippen LogP contribution in [0.3, 0.4) is 0 Å². The number of pyridine rings is 1. The van der Waals surface area contributed by atoms with Crippen LogP contribution in [0.5, 0.6) is 0 Å². The number of nitrogens with zero attached hydrogens (tertiary/aromatic N) is 2. The van der Waals surface area contributed by atoms with Gasteiger partial charge in [0.15, 0.2) is 0 Å². The molecule has 1 heterocycles. The fourth-order valence-electron chi connectivity index (χ4n) is 1.50. The minimum Gasteiger partial charge on any atom is -0.347 e. The van der Waals surface area contributed by atoms with Crippen molar-refractivity contribution in [1.82, 2.24) is 10.3 Å². The van der Waals surface area contributed by atoms with Crippen LogP contribution < -0.4 is 5.32 Å². The Morgan fingerprint density at radius 3 is 2.68 bits per heavy atom. The fourth-order valence-corrected chi connectivity index (χ4v) is 1.76. The zero-order chi connectivity index (χ0) is 13.7. The van der Waals surface area contributed by atoms with E-state index in [2.05, 4.69) is 26.2 Å². The van der Waals surface area contributed by atoms with Gasteiger partial charge in [0.2, 0.25) is 0 Å². The Morgan fingerprint density at radius 1 is 1.26 bits per heavy atom. The van der Waals surface area contributed by atoms with Crippen LogP contribution in [0.1, 0.15) is 21.7 Å². The van der Waals surface area contributed by atoms with Crippen molar-refractivity contribution in [3.05, 3.63) is 63.9 Å². The van der Waals surface area contributed by atoms with Crippen LogP contribution in [0.4, 0.5) is 0 Å². The van der Waals surface area contributed by atoms with Crippen molar-refractivity contribution in [3.63, 3.8) is 0 Å². The van der Waals surface area contributed by atoms with Crippen molar-refractivity contribution in [2.45, 2.75) is 6.54 Å². The molecular weight excluding hydrogens is 306 g/mol. The first kappa shape index (κ1) is 13.2. The summed E-state index contributed by atoms with van der Waals surface area (Å²) < 4.78 is 0.992. The van der Waals surface area contributed by atoms with Gasteiger partial charge in [-0.15, -0.1) is 0 Å². The molecular formula is C14H10BrN3O. The van der Waals surface area contributed by atoms with E-state index in [9.17, 15) is 4.79 Å². The van der Waals surface area contributed by atoms with Crippen LogP contribution in [-0.2, 0) is 6.54 Å². The summed E-state index contributed by atoms with van der Waals surface area (Å²) in [6, 6.07) is 14.4. The highest BCUT2D eigenvalue weighted by Gasteiger charge is 2.07. The average molecular weight is 316 g/mol. The number of nitriles is 1. The monoisotopic (exact) mass is 315 g/mol. The SMILES string of the molecule is N#Cc1cccc(C(=O)NCc2ccc(Br)cc2)n1. The molecule has 0 atom stereocenters. The summed E-state index contributed by atoms with van der Waals surface area (Å²) in [4.78, 5) is 15.8. The van der Waals surface area contributed by atoms with Crippen LogP contribution in [0.15, 0.2) is 46.9 Å². The molecule has 0 saturated carbocycles. The van der Waals surface area contributed by atoms with Crippen LogP contribution in [0.25, 0.3) is 0 Å². The summed E-state index contributed by atoms with van der Waals surface area (Å²) >= 11 is 3.35. The lowest BCUT2D eigenvalue weighted by molar-refractivity contribution is 0.0946. The molecule has 2 rings (SSSR count). The minimum atomic E-state index is -0.292. The van der Waals surface area contributed by atoms with Gasteiger partial charge < -0.3 is 5.32 Å². The average Bonchev–Trinajstić information content (AvgIpc) is 2.46. The third-order valence-electron chi connectivity index (χ3n) is 2.46. The number of benzene rings is 1. The lowest BCUT2D eigenvalue weighted by Crippen LogP contribution is -2.23. The normalized spacial score (nSPS) is 9.68. The maximum Gasteiger partial charge on any atom is 0.270 e. The second-order valence-electron chi connectivity index (χ2n) is 3.83. The summed E-state index contributed by atoms with van der Waals surface area (Å²) in [5, 5.41) is 11.5. The largest absolute Gasteiger partial charge is 0.347 e. The molecule has 0 aliphatic heterocycles. The number of carbonyl (C=O) groups excluding carboxylic acids is 1. The van der Waals surface area contributed by atoms with E-state index in [-0.39, 0.29) is 17.3 Å². The Morgan fingerprint density at radius 2 is 2.00 bits per heavy atom. The predicted octanol–water partition coefficient (Wildman–Crippen LogP) is 2.65. The molecule has 0 saturated heterocycles. The van der Waals surface area contributed by atoms with Crippen molar-refractivity contribution in [1.29, 1.82) is 5.26 Å². The van der Waals surface area contributed by atoms with E-state index >= 15 is 0 Å². The van der Waals surface area contributed by atoms with Gasteiger partial charge in [-0.05, 0) is 29.8 Å². The molecule has 1 aromatic heterocycles. The maximum atomic E-state index is 11.9. The predicted molar refractivity (Wildman–Crippen MR) is 74.3 cm³/mol. The Bertz CT molecular complexity index is 632. The quantitative estimate of drug-likeness (QED) is 0.946. The number of hydrogen-bond acceptors (Lipinski definition) is 3. The molecule has 0 aliphatic carbocycles. The summed E-state index contributed by atoms with van der Waals surface area (Å²) in [6.45, 7) is 0.421. The zero-order valence-corrected chi connectivity index (χ0v) is 11.5. The van der Waals surface area contributed by atoms with Crippen LogP contribution in [0, 0.1) is 11.3 Å². The lowest BCUT2D eigenvalue weighted by atomic mass is 10.2. The van der Waals surface area contributed by atoms with Gasteiger partial charge >= 0.3 is 0 Å². The molecule has 19 heavy (non-hydrogen) atoms. The topological polar surface area (TPSA) is 65.8 Å². The molecule has 0 aliphatic rings. The molecule has 0 fully saturated rings. The molecule has 1 amide bonds. The van der Waals surface area contributed by atoms with Crippen LogP contribution in [-0.4, -0.2) is 10.9 Å². The van der Waals surface area contributed by atoms with Crippen LogP contribution >= 0.6 is 15.9 Å². The van der Waals surface area contributed by atoms with E-state index in [0.29, 0.717) is 6.54 Å². The molecule has 0 bridgehead atoms. The summed E-state index contributed by atoms with van der Waals surface area (Å²) in [5.41, 5.74) is 1.47. The fraction of sp³-hybridized carbons (Fsp3) is 0.0714. The third-order valence-corrected chi connectivity index (χ3v) is 2.99. The number of carbonyl (C=O) groups is 1. The van der Waals surface area contributed by atoms with Crippen molar-refractivity contribution >= 4 is 21.8 Å². The van der Waals surface area contributed by atoms with Gasteiger partial charge in [0.1, 0.15) is 17.5 Å². The second kappa shape index (κ2) is 6.12. The molecule has 1 aromatic carbocycles. The molecule has 0 radical (unpaired) electrons. The Labute approximate surface area is 119 Å². The second-order valence-corrected chi connectivity index (χ2v) is 4.74. The highest BCUT2D eigenvalue weighted by Crippen LogP contribution is 2.10. The van der Waals surface area contributed by atoms with Crippen molar-refractivity contribution in [2.75, 3.05) is 0 Å². The molecule has 4 nitrogen and oxygen atoms in total. The standard InChI is InChI=1S/C14H10BrN3O/c15-11-6-4-10(5-7-11)9-17-14(19)13-3-1-2-12(8-16)18-13/h1-7H,9H2,(H,17,19). The van der Waals surface area contributed by atoms with Gasteiger partial charge in [0.25, 0.3) is 5.91 Å². The van der Waals surface area contributed by atoms with Gasteiger partial charge in [-0.25, -0.2) is 4.98 Å². The van der Waals surface area contributed by atoms with Crippen molar-refractivity contribution in [2.24, 2.45) is 0 Å². The maximum absolute atomic E-state index is 11.9. The molecule has 0 spiro atoms. The number of halogens is 1. The van der Waals surface area contributed by atoms with E-state index in [1.165, 1.54) is 0 Å². The molecule has 2 aromatic rings. The number of hydrogen-bond donors (Lipinski definition) is 1. The number of rotatable bonds is 3. The summed E-state index contributed by atoms with van der Waals surface area (Å²) in [7, 11) is 0. The molecule has 5 heteroatoms. The van der Waals surface area contributed by atoms with E-state index in [1.54, 1.807) is 18.2 Å². The smallest absolute Gasteiger partial charge is 0.270 e. The van der Waals surface area contributed by atoms with Gasteiger partial charge in [-0.1, -0.05) is 34.1 Å². The first-order valence-corrected chi connectivity index (χ1v) is 6.38. The summed E-state index contributed by atoms with van der Waals surface area (Å²) in [6.07, 6.45) is 0. The zero-order valence-electron chi connectivity index (χ0n) is 9.93. The lowest BCUT2D eigenvalue weighted by Gasteiger charge is -2.05. The van der Waals surface area contributed by atoms with Gasteiger partial charge in [0, 0.05) is 11.0 Å². The third kappa shape index (κ3) is 3.63. The highest BCUT2D eigenvalue weighted by atomic mass is 79.9. The van der Waals surface area contributed by atoms with E-state index in [0.717, 1.165) is 10.0 Å². The van der Waals surface area contributed by atoms with Gasteiger partial charge in [0.05, 0.1) is 0 Å². The number of nitrogens with one attached hydrogen (secondary N) is 1. The van der Waals surface area contributed by atoms with Gasteiger partial charge in [-0.3, -0.25) is 4.79 Å². The Kier molecular flexibility index (Phi) is 4.26. The van der Waals surface area contributed by atoms with Gasteiger partial charge in [-0.2, -0.15) is 5.26 Å². The molecule has 0 unspecified atom stereocenters. The van der Waals surface area contributed by atoms with Crippen LogP contribution in [0.2, 0.25) is 0 Å². The minimum absolute atomic E-state index is 0.233. The van der Waals surface area contributed by atoms with E-state index < -0.39 is 0 Å². The number of aromatic nitrogens is 1. The molecule has 94 valence electrons. The van der Waals surface area contributed by atoms with Crippen molar-refractivity contribution < 1.29 is 4.79 Å². The molecule has 1 N–H and O–H groups in total. The van der Waals surface area contributed by atoms with E-state index in [1.807, 2.05) is 30.3 Å². The number of amides is 1. The highest BCUT2D eigenvalue weighted by molar-refractivity contribution is 9.10. The van der Waals surface area contributed by atoms with Crippen molar-refractivity contribution in [3.8, 4) is 6.07 Å². The Hall–Kier alpha value is -2.19. The van der Waals surface area contributed by atoms with E-state index in [4.69, 9.17) is 5.26 Å². The first-order chi connectivity index (χ1) is 9.19. The first-order valence-electron chi connectivity index (χ1n) is 5.59. The Balaban J connectivity index is 2.01.